The van der Waals surface area contributed by atoms with E-state index in [1.54, 1.807) is 12.1 Å². The number of aromatic nitrogens is 2. The monoisotopic (exact) mass is 416 g/mol. The molecule has 0 spiro atoms. The van der Waals surface area contributed by atoms with Gasteiger partial charge in [0.05, 0.1) is 10.6 Å². The van der Waals surface area contributed by atoms with Crippen molar-refractivity contribution >= 4 is 33.4 Å². The van der Waals surface area contributed by atoms with Crippen LogP contribution in [0.25, 0.3) is 11.3 Å². The van der Waals surface area contributed by atoms with E-state index in [-0.39, 0.29) is 16.7 Å². The van der Waals surface area contributed by atoms with Crippen molar-refractivity contribution in [2.24, 2.45) is 0 Å². The van der Waals surface area contributed by atoms with Crippen molar-refractivity contribution in [3.63, 3.8) is 0 Å². The number of rotatable bonds is 6. The van der Waals surface area contributed by atoms with Gasteiger partial charge in [0, 0.05) is 34.9 Å². The molecule has 3 aromatic rings. The minimum Gasteiger partial charge on any atom is -0.294 e. The molecule has 0 radical (unpaired) electrons. The number of anilines is 1. The van der Waals surface area contributed by atoms with Crippen molar-refractivity contribution in [2.75, 3.05) is 11.0 Å². The molecule has 0 atom stereocenters. The molecule has 8 nitrogen and oxygen atoms in total. The van der Waals surface area contributed by atoms with E-state index in [0.29, 0.717) is 10.6 Å². The van der Waals surface area contributed by atoms with E-state index in [0.717, 1.165) is 29.3 Å². The molecule has 0 fully saturated rings. The van der Waals surface area contributed by atoms with Crippen LogP contribution in [0, 0.1) is 17.0 Å². The van der Waals surface area contributed by atoms with Gasteiger partial charge in [0.15, 0.2) is 14.9 Å². The maximum atomic E-state index is 12.0. The van der Waals surface area contributed by atoms with E-state index in [9.17, 15) is 18.5 Å². The molecular formula is C18H16N4O4S2. The van der Waals surface area contributed by atoms with E-state index in [2.05, 4.69) is 14.7 Å². The molecule has 144 valence electrons. The van der Waals surface area contributed by atoms with Gasteiger partial charge in [-0.25, -0.2) is 18.4 Å². The van der Waals surface area contributed by atoms with Gasteiger partial charge in [-0.1, -0.05) is 30.3 Å². The van der Waals surface area contributed by atoms with Gasteiger partial charge < -0.3 is 0 Å². The van der Waals surface area contributed by atoms with E-state index in [1.807, 2.05) is 31.2 Å². The second-order valence-corrected chi connectivity index (χ2v) is 8.80. The number of benzene rings is 2. The largest absolute Gasteiger partial charge is 0.294 e. The van der Waals surface area contributed by atoms with Gasteiger partial charge in [0.2, 0.25) is 5.95 Å². The fraction of sp³-hybridized carbons (Fsp3) is 0.111. The maximum absolute atomic E-state index is 12.0. The fourth-order valence-electron chi connectivity index (χ4n) is 2.42. The van der Waals surface area contributed by atoms with Crippen molar-refractivity contribution < 1.29 is 13.3 Å². The SMILES string of the molecule is Cc1ccccc1-c1cc(S(C)(=O)=O)nc(NSc2cccc([N+](=O)[O-])c2)n1. The predicted octanol–water partition coefficient (Wildman–Crippen LogP) is 3.88. The molecule has 0 saturated carbocycles. The summed E-state index contributed by atoms with van der Waals surface area (Å²) in [5.41, 5.74) is 2.16. The van der Waals surface area contributed by atoms with Crippen LogP contribution in [0.1, 0.15) is 5.56 Å². The van der Waals surface area contributed by atoms with Crippen molar-refractivity contribution in [2.45, 2.75) is 16.8 Å². The number of sulfone groups is 1. The van der Waals surface area contributed by atoms with Gasteiger partial charge in [-0.05, 0) is 30.5 Å². The zero-order chi connectivity index (χ0) is 20.3. The molecule has 0 unspecified atom stereocenters. The van der Waals surface area contributed by atoms with Gasteiger partial charge in [0.25, 0.3) is 5.69 Å². The number of aryl methyl sites for hydroxylation is 1. The highest BCUT2D eigenvalue weighted by Crippen LogP contribution is 2.27. The summed E-state index contributed by atoms with van der Waals surface area (Å²) in [7, 11) is -3.56. The van der Waals surface area contributed by atoms with Crippen LogP contribution in [0.15, 0.2) is 64.5 Å². The van der Waals surface area contributed by atoms with Gasteiger partial charge in [-0.2, -0.15) is 0 Å². The molecule has 0 aliphatic rings. The molecule has 2 aromatic carbocycles. The third kappa shape index (κ3) is 4.65. The first kappa shape index (κ1) is 19.8. The lowest BCUT2D eigenvalue weighted by Gasteiger charge is -2.10. The Morgan fingerprint density at radius 2 is 1.82 bits per heavy atom. The summed E-state index contributed by atoms with van der Waals surface area (Å²) in [4.78, 5) is 19.5. The Morgan fingerprint density at radius 3 is 2.50 bits per heavy atom. The highest BCUT2D eigenvalue weighted by atomic mass is 32.2. The molecule has 0 aliphatic carbocycles. The first-order valence-electron chi connectivity index (χ1n) is 8.06. The summed E-state index contributed by atoms with van der Waals surface area (Å²) in [6.07, 6.45) is 1.08. The third-order valence-corrected chi connectivity index (χ3v) is 5.54. The molecule has 1 N–H and O–H groups in total. The predicted molar refractivity (Wildman–Crippen MR) is 108 cm³/mol. The molecule has 1 heterocycles. The van der Waals surface area contributed by atoms with Crippen molar-refractivity contribution in [1.29, 1.82) is 0 Å². The molecule has 10 heteroatoms. The molecule has 0 saturated heterocycles. The average molecular weight is 416 g/mol. The minimum atomic E-state index is -3.56. The second-order valence-electron chi connectivity index (χ2n) is 5.96. The highest BCUT2D eigenvalue weighted by Gasteiger charge is 2.16. The number of non-ortho nitro benzene ring substituents is 1. The van der Waals surface area contributed by atoms with Gasteiger partial charge in [-0.3, -0.25) is 14.8 Å². The zero-order valence-corrected chi connectivity index (χ0v) is 16.6. The Hall–Kier alpha value is -2.98. The van der Waals surface area contributed by atoms with E-state index in [1.165, 1.54) is 18.2 Å². The lowest BCUT2D eigenvalue weighted by Crippen LogP contribution is -2.06. The minimum absolute atomic E-state index is 0.0433. The number of nitro benzene ring substituents is 1. The number of nitrogens with one attached hydrogen (secondary N) is 1. The van der Waals surface area contributed by atoms with E-state index in [4.69, 9.17) is 0 Å². The van der Waals surface area contributed by atoms with Crippen molar-refractivity contribution in [3.8, 4) is 11.3 Å². The lowest BCUT2D eigenvalue weighted by atomic mass is 10.1. The van der Waals surface area contributed by atoms with E-state index >= 15 is 0 Å². The summed E-state index contributed by atoms with van der Waals surface area (Å²) in [6.45, 7) is 1.91. The number of hydrogen-bond acceptors (Lipinski definition) is 8. The Labute approximate surface area is 166 Å². The lowest BCUT2D eigenvalue weighted by molar-refractivity contribution is -0.385. The molecule has 0 amide bonds. The number of hydrogen-bond donors (Lipinski definition) is 1. The topological polar surface area (TPSA) is 115 Å². The average Bonchev–Trinajstić information content (AvgIpc) is 2.66. The van der Waals surface area contributed by atoms with Crippen molar-refractivity contribution in [3.05, 3.63) is 70.3 Å². The Balaban J connectivity index is 1.97. The third-order valence-electron chi connectivity index (χ3n) is 3.79. The molecule has 3 rings (SSSR count). The van der Waals surface area contributed by atoms with Gasteiger partial charge in [0.1, 0.15) is 0 Å². The van der Waals surface area contributed by atoms with Crippen LogP contribution >= 0.6 is 11.9 Å². The van der Waals surface area contributed by atoms with Crippen LogP contribution < -0.4 is 4.72 Å². The summed E-state index contributed by atoms with van der Waals surface area (Å²) in [5, 5.41) is 10.8. The molecule has 1 aromatic heterocycles. The second kappa shape index (κ2) is 7.95. The first-order valence-corrected chi connectivity index (χ1v) is 10.8. The summed E-state index contributed by atoms with van der Waals surface area (Å²) in [5.74, 6) is 0.0951. The van der Waals surface area contributed by atoms with Crippen LogP contribution in [-0.4, -0.2) is 29.6 Å². The quantitative estimate of drug-likeness (QED) is 0.279. The standard InChI is InChI=1S/C18H16N4O4S2/c1-12-6-3-4-9-15(12)16-11-17(28(2,25)26)20-18(19-16)21-27-14-8-5-7-13(10-14)22(23)24/h3-11H,1-2H3,(H,19,20,21). The molecule has 0 bridgehead atoms. The highest BCUT2D eigenvalue weighted by molar-refractivity contribution is 8.00. The smallest absolute Gasteiger partial charge is 0.270 e. The van der Waals surface area contributed by atoms with Crippen LogP contribution in [0.4, 0.5) is 11.6 Å². The molecule has 28 heavy (non-hydrogen) atoms. The van der Waals surface area contributed by atoms with Crippen LogP contribution in [0.5, 0.6) is 0 Å². The van der Waals surface area contributed by atoms with E-state index < -0.39 is 14.8 Å². The summed E-state index contributed by atoms with van der Waals surface area (Å²) < 4.78 is 27.0. The van der Waals surface area contributed by atoms with Gasteiger partial charge in [-0.15, -0.1) is 0 Å². The Bertz CT molecular complexity index is 1150. The molecule has 0 aliphatic heterocycles. The van der Waals surface area contributed by atoms with Crippen LogP contribution in [-0.2, 0) is 9.84 Å². The number of nitro groups is 1. The van der Waals surface area contributed by atoms with Crippen LogP contribution in [0.2, 0.25) is 0 Å². The zero-order valence-electron chi connectivity index (χ0n) is 15.0. The van der Waals surface area contributed by atoms with Crippen molar-refractivity contribution in [1.82, 2.24) is 9.97 Å². The Kier molecular flexibility index (Phi) is 5.61. The fourth-order valence-corrected chi connectivity index (χ4v) is 3.63. The van der Waals surface area contributed by atoms with Crippen LogP contribution in [0.3, 0.4) is 0 Å². The van der Waals surface area contributed by atoms with Gasteiger partial charge >= 0.3 is 0 Å². The first-order chi connectivity index (χ1) is 13.2. The summed E-state index contributed by atoms with van der Waals surface area (Å²) in [6, 6.07) is 15.0. The normalized spacial score (nSPS) is 11.2. The maximum Gasteiger partial charge on any atom is 0.270 e. The summed E-state index contributed by atoms with van der Waals surface area (Å²) >= 11 is 1.06. The molecular weight excluding hydrogens is 400 g/mol. The Morgan fingerprint density at radius 1 is 1.07 bits per heavy atom. The number of nitrogens with zero attached hydrogens (tertiary/aromatic N) is 3.